The summed E-state index contributed by atoms with van der Waals surface area (Å²) in [6.45, 7) is -1.52. The number of allylic oxidation sites excluding steroid dienone is 1. The fourth-order valence-corrected chi connectivity index (χ4v) is 1.55. The third-order valence-corrected chi connectivity index (χ3v) is 3.29. The van der Waals surface area contributed by atoms with Gasteiger partial charge in [-0.1, -0.05) is 0 Å². The molecular weight excluding hydrogens is 492 g/mol. The van der Waals surface area contributed by atoms with Crippen molar-refractivity contribution in [1.29, 1.82) is 0 Å². The summed E-state index contributed by atoms with van der Waals surface area (Å²) in [7, 11) is 0. The van der Waals surface area contributed by atoms with Gasteiger partial charge in [0.25, 0.3) is 0 Å². The molecule has 0 rings (SSSR count). The highest BCUT2D eigenvalue weighted by molar-refractivity contribution is 5.82. The molecule has 18 heteroatoms. The molecule has 0 N–H and O–H groups in total. The smallest absolute Gasteiger partial charge is 0.460 e. The van der Waals surface area contributed by atoms with Gasteiger partial charge in [-0.25, -0.2) is 4.79 Å². The second kappa shape index (κ2) is 8.55. The zero-order valence-corrected chi connectivity index (χ0v) is 14.1. The van der Waals surface area contributed by atoms with E-state index in [1.54, 1.807) is 0 Å². The Balaban J connectivity index is 4.98. The van der Waals surface area contributed by atoms with Crippen LogP contribution in [0.5, 0.6) is 0 Å². The van der Waals surface area contributed by atoms with E-state index in [2.05, 4.69) is 4.74 Å². The zero-order valence-electron chi connectivity index (χ0n) is 14.1. The van der Waals surface area contributed by atoms with Gasteiger partial charge in [-0.05, 0) is 12.5 Å². The minimum Gasteiger partial charge on any atom is -0.463 e. The summed E-state index contributed by atoms with van der Waals surface area (Å²) >= 11 is 0. The quantitative estimate of drug-likeness (QED) is 0.164. The van der Waals surface area contributed by atoms with Gasteiger partial charge in [0, 0.05) is 12.5 Å². The van der Waals surface area contributed by atoms with E-state index in [-0.39, 0.29) is 0 Å². The molecule has 0 aliphatic carbocycles. The monoisotopic (exact) mass is 500 g/mol. The van der Waals surface area contributed by atoms with Crippen LogP contribution in [0.4, 0.5) is 70.2 Å². The molecule has 0 atom stereocenters. The highest BCUT2D eigenvalue weighted by Crippen LogP contribution is 2.54. The average molecular weight is 500 g/mol. The van der Waals surface area contributed by atoms with Crippen LogP contribution in [0, 0.1) is 0 Å². The Morgan fingerprint density at radius 2 is 1.06 bits per heavy atom. The molecule has 0 aromatic carbocycles. The lowest BCUT2D eigenvalue weighted by Gasteiger charge is -2.33. The average Bonchev–Trinajstić information content (AvgIpc) is 2.54. The van der Waals surface area contributed by atoms with Crippen molar-refractivity contribution in [2.75, 3.05) is 6.61 Å². The van der Waals surface area contributed by atoms with E-state index < -0.39 is 79.5 Å². The predicted molar refractivity (Wildman–Crippen MR) is 66.2 cm³/mol. The molecule has 0 saturated heterocycles. The molecule has 0 bridgehead atoms. The first kappa shape index (κ1) is 29.1. The third-order valence-electron chi connectivity index (χ3n) is 3.29. The number of hydrogen-bond acceptors (Lipinski definition) is 2. The second-order valence-electron chi connectivity index (χ2n) is 5.65. The van der Waals surface area contributed by atoms with Crippen molar-refractivity contribution in [3.8, 4) is 0 Å². The molecule has 0 unspecified atom stereocenters. The number of rotatable bonds is 9. The standard InChI is InChI=1S/C13H8F16O2/c14-7(15,9(18,19)11(22,23)13(27,28)29)3-1-5-31-6(30)2-4-8(16,17)10(20,21)12(24,25)26/h2,4H,1,3,5H2. The number of carbonyl (C=O) groups excluding carboxylic acids is 1. The predicted octanol–water partition coefficient (Wildman–Crippen LogP) is 6.17. The Hall–Kier alpha value is -1.91. The summed E-state index contributed by atoms with van der Waals surface area (Å²) < 4.78 is 203. The lowest BCUT2D eigenvalue weighted by molar-refractivity contribution is -0.396. The van der Waals surface area contributed by atoms with Gasteiger partial charge < -0.3 is 4.74 Å². The zero-order chi connectivity index (χ0) is 25.3. The van der Waals surface area contributed by atoms with E-state index in [4.69, 9.17) is 0 Å². The molecule has 0 fully saturated rings. The van der Waals surface area contributed by atoms with Crippen LogP contribution in [0.2, 0.25) is 0 Å². The van der Waals surface area contributed by atoms with Crippen molar-refractivity contribution >= 4 is 5.97 Å². The van der Waals surface area contributed by atoms with Gasteiger partial charge in [0.15, 0.2) is 0 Å². The lowest BCUT2D eigenvalue weighted by Crippen LogP contribution is -2.60. The van der Waals surface area contributed by atoms with Crippen molar-refractivity contribution in [2.24, 2.45) is 0 Å². The van der Waals surface area contributed by atoms with Crippen LogP contribution >= 0.6 is 0 Å². The molecule has 184 valence electrons. The van der Waals surface area contributed by atoms with E-state index >= 15 is 0 Å². The minimum absolute atomic E-state index is 0.704. The van der Waals surface area contributed by atoms with Gasteiger partial charge >= 0.3 is 47.9 Å². The molecule has 0 heterocycles. The SMILES string of the molecule is O=C(C=CC(F)(F)C(F)(F)C(F)(F)F)OCCCC(F)(F)C(F)(F)C(F)(F)C(F)(F)F. The molecule has 0 amide bonds. The summed E-state index contributed by atoms with van der Waals surface area (Å²) in [6.07, 6.45) is -19.8. The number of ether oxygens (including phenoxy) is 1. The largest absolute Gasteiger partial charge is 0.463 e. The van der Waals surface area contributed by atoms with Crippen LogP contribution < -0.4 is 0 Å². The van der Waals surface area contributed by atoms with Crippen LogP contribution in [-0.2, 0) is 9.53 Å². The van der Waals surface area contributed by atoms with Crippen molar-refractivity contribution in [3.63, 3.8) is 0 Å². The normalized spacial score (nSPS) is 15.5. The molecule has 2 nitrogen and oxygen atoms in total. The van der Waals surface area contributed by atoms with Crippen LogP contribution in [0.1, 0.15) is 12.8 Å². The first-order valence-corrected chi connectivity index (χ1v) is 7.23. The van der Waals surface area contributed by atoms with E-state index in [1.807, 2.05) is 0 Å². The van der Waals surface area contributed by atoms with Crippen molar-refractivity contribution < 1.29 is 79.8 Å². The summed E-state index contributed by atoms with van der Waals surface area (Å²) in [5.74, 6) is -34.9. The molecule has 0 aliphatic heterocycles. The van der Waals surface area contributed by atoms with Crippen LogP contribution in [0.15, 0.2) is 12.2 Å². The molecule has 0 spiro atoms. The number of carbonyl (C=O) groups is 1. The summed E-state index contributed by atoms with van der Waals surface area (Å²) in [6, 6.07) is 0. The van der Waals surface area contributed by atoms with E-state index in [0.717, 1.165) is 0 Å². The van der Waals surface area contributed by atoms with Gasteiger partial charge in [0.1, 0.15) is 0 Å². The second-order valence-corrected chi connectivity index (χ2v) is 5.65. The van der Waals surface area contributed by atoms with E-state index in [9.17, 15) is 75.0 Å². The third kappa shape index (κ3) is 5.87. The maximum atomic E-state index is 13.1. The summed E-state index contributed by atoms with van der Waals surface area (Å²) in [5.41, 5.74) is 0. The van der Waals surface area contributed by atoms with Crippen molar-refractivity contribution in [2.45, 2.75) is 54.8 Å². The van der Waals surface area contributed by atoms with Gasteiger partial charge in [-0.2, -0.15) is 70.2 Å². The first-order valence-electron chi connectivity index (χ1n) is 7.23. The van der Waals surface area contributed by atoms with Crippen LogP contribution in [0.3, 0.4) is 0 Å². The molecule has 31 heavy (non-hydrogen) atoms. The van der Waals surface area contributed by atoms with Crippen LogP contribution in [-0.4, -0.2) is 54.5 Å². The van der Waals surface area contributed by atoms with Gasteiger partial charge in [-0.3, -0.25) is 0 Å². The Morgan fingerprint density at radius 1 is 0.645 bits per heavy atom. The molecular formula is C13H8F16O2. The van der Waals surface area contributed by atoms with Crippen LogP contribution in [0.25, 0.3) is 0 Å². The molecule has 0 saturated carbocycles. The first-order chi connectivity index (χ1) is 13.4. The highest BCUT2D eigenvalue weighted by Gasteiger charge is 2.81. The molecule has 0 aliphatic rings. The fraction of sp³-hybridized carbons (Fsp3) is 0.769. The molecule has 0 aromatic rings. The summed E-state index contributed by atoms with van der Waals surface area (Å²) in [5, 5.41) is 0. The number of alkyl halides is 16. The van der Waals surface area contributed by atoms with Crippen molar-refractivity contribution in [1.82, 2.24) is 0 Å². The van der Waals surface area contributed by atoms with E-state index in [0.29, 0.717) is 0 Å². The van der Waals surface area contributed by atoms with E-state index in [1.165, 1.54) is 0 Å². The molecule has 0 aromatic heterocycles. The topological polar surface area (TPSA) is 26.3 Å². The van der Waals surface area contributed by atoms with Gasteiger partial charge in [0.05, 0.1) is 6.61 Å². The Labute approximate surface area is 160 Å². The van der Waals surface area contributed by atoms with Gasteiger partial charge in [0.2, 0.25) is 0 Å². The Morgan fingerprint density at radius 3 is 1.45 bits per heavy atom. The van der Waals surface area contributed by atoms with Gasteiger partial charge in [-0.15, -0.1) is 0 Å². The maximum absolute atomic E-state index is 13.1. The number of hydrogen-bond donors (Lipinski definition) is 0. The highest BCUT2D eigenvalue weighted by atomic mass is 19.4. The molecule has 0 radical (unpaired) electrons. The minimum atomic E-state index is -7.17. The lowest BCUT2D eigenvalue weighted by atomic mass is 10.00. The van der Waals surface area contributed by atoms with Crippen molar-refractivity contribution in [3.05, 3.63) is 12.2 Å². The Kier molecular flexibility index (Phi) is 8.03. The maximum Gasteiger partial charge on any atom is 0.460 e. The Bertz CT molecular complexity index is 657. The number of halogens is 16. The number of esters is 1. The summed E-state index contributed by atoms with van der Waals surface area (Å²) in [4.78, 5) is 10.9. The fourth-order valence-electron chi connectivity index (χ4n) is 1.55.